The monoisotopic (exact) mass is 464 g/mol. The molecule has 2 aliphatic heterocycles. The van der Waals surface area contributed by atoms with Crippen molar-refractivity contribution >= 4 is 18.0 Å². The van der Waals surface area contributed by atoms with Crippen LogP contribution in [-0.2, 0) is 19.1 Å². The zero-order chi connectivity index (χ0) is 23.9. The zero-order valence-corrected chi connectivity index (χ0v) is 19.1. The fraction of sp³-hybridized carbons (Fsp3) is 0.423. The van der Waals surface area contributed by atoms with E-state index < -0.39 is 23.0 Å². The maximum atomic E-state index is 13.4. The van der Waals surface area contributed by atoms with E-state index in [1.54, 1.807) is 6.92 Å². The smallest absolute Gasteiger partial charge is 0.408 e. The number of hydrogen-bond acceptors (Lipinski definition) is 5. The Morgan fingerprint density at radius 3 is 2.29 bits per heavy atom. The molecule has 2 heterocycles. The molecule has 0 radical (unpaired) electrons. The van der Waals surface area contributed by atoms with E-state index >= 15 is 0 Å². The summed E-state index contributed by atoms with van der Waals surface area (Å²) in [6, 6.07) is 16.2. The Bertz CT molecular complexity index is 1100. The van der Waals surface area contributed by atoms with E-state index in [4.69, 9.17) is 9.47 Å². The highest BCUT2D eigenvalue weighted by Gasteiger charge is 2.51. The summed E-state index contributed by atoms with van der Waals surface area (Å²) in [7, 11) is 0. The lowest BCUT2D eigenvalue weighted by Gasteiger charge is -2.32. The number of hydrogen-bond donors (Lipinski definition) is 2. The molecule has 34 heavy (non-hydrogen) atoms. The van der Waals surface area contributed by atoms with Crippen LogP contribution in [0.2, 0.25) is 0 Å². The van der Waals surface area contributed by atoms with E-state index in [1.165, 1.54) is 4.90 Å². The van der Waals surface area contributed by atoms with E-state index in [-0.39, 0.29) is 31.6 Å². The number of ether oxygens (including phenoxy) is 2. The summed E-state index contributed by atoms with van der Waals surface area (Å²) in [4.78, 5) is 39.4. The molecule has 2 amide bonds. The van der Waals surface area contributed by atoms with Gasteiger partial charge in [0.2, 0.25) is 0 Å². The van der Waals surface area contributed by atoms with Gasteiger partial charge in [-0.25, -0.2) is 4.79 Å². The minimum Gasteiger partial charge on any atom is -0.481 e. The number of fused-ring (bicyclic) bond motifs is 3. The van der Waals surface area contributed by atoms with Gasteiger partial charge in [0.1, 0.15) is 12.1 Å². The van der Waals surface area contributed by atoms with Crippen LogP contribution in [0, 0.1) is 5.41 Å². The largest absolute Gasteiger partial charge is 0.481 e. The van der Waals surface area contributed by atoms with Crippen molar-refractivity contribution in [3.63, 3.8) is 0 Å². The van der Waals surface area contributed by atoms with Crippen molar-refractivity contribution in [1.29, 1.82) is 0 Å². The number of nitrogens with one attached hydrogen (secondary N) is 1. The molecule has 0 saturated carbocycles. The first-order valence-corrected chi connectivity index (χ1v) is 11.6. The van der Waals surface area contributed by atoms with Gasteiger partial charge in [-0.3, -0.25) is 9.59 Å². The third-order valence-corrected chi connectivity index (χ3v) is 7.39. The number of nitrogens with zero attached hydrogens (tertiary/aromatic N) is 1. The summed E-state index contributed by atoms with van der Waals surface area (Å²) < 4.78 is 11.1. The standard InChI is InChI=1S/C26H28N2O6/c1-25(23(30)31)10-12-28(15-25)22(29)26(11-13-33-16-26)27-24(32)34-14-21-19-8-4-2-6-17(19)18-7-3-5-9-20(18)21/h2-9,21H,10-16H2,1H3,(H,27,32)(H,30,31). The summed E-state index contributed by atoms with van der Waals surface area (Å²) in [5.41, 5.74) is 2.26. The lowest BCUT2D eigenvalue weighted by Crippen LogP contribution is -2.60. The highest BCUT2D eigenvalue weighted by Crippen LogP contribution is 2.44. The Kier molecular flexibility index (Phi) is 5.56. The van der Waals surface area contributed by atoms with Gasteiger partial charge in [0.15, 0.2) is 0 Å². The van der Waals surface area contributed by atoms with Gasteiger partial charge in [0.05, 0.1) is 12.0 Å². The van der Waals surface area contributed by atoms with Crippen molar-refractivity contribution in [3.05, 3.63) is 59.7 Å². The van der Waals surface area contributed by atoms with Gasteiger partial charge >= 0.3 is 12.1 Å². The molecule has 0 bridgehead atoms. The summed E-state index contributed by atoms with van der Waals surface area (Å²) in [6.07, 6.45) is 0.00706. The Morgan fingerprint density at radius 2 is 1.74 bits per heavy atom. The van der Waals surface area contributed by atoms with Gasteiger partial charge in [-0.15, -0.1) is 0 Å². The van der Waals surface area contributed by atoms with Crippen LogP contribution in [0.4, 0.5) is 4.79 Å². The van der Waals surface area contributed by atoms with Crippen molar-refractivity contribution in [2.45, 2.75) is 31.2 Å². The van der Waals surface area contributed by atoms with Crippen LogP contribution in [0.5, 0.6) is 0 Å². The number of carboxylic acids is 1. The molecule has 2 aromatic rings. The van der Waals surface area contributed by atoms with Crippen molar-refractivity contribution in [1.82, 2.24) is 10.2 Å². The molecule has 8 nitrogen and oxygen atoms in total. The summed E-state index contributed by atoms with van der Waals surface area (Å²) >= 11 is 0. The van der Waals surface area contributed by atoms with Crippen LogP contribution in [0.25, 0.3) is 11.1 Å². The molecule has 178 valence electrons. The lowest BCUT2D eigenvalue weighted by molar-refractivity contribution is -0.147. The lowest BCUT2D eigenvalue weighted by atomic mass is 9.90. The van der Waals surface area contributed by atoms with Crippen molar-refractivity contribution in [2.24, 2.45) is 5.41 Å². The van der Waals surface area contributed by atoms with Crippen LogP contribution >= 0.6 is 0 Å². The minimum absolute atomic E-state index is 0.0380. The predicted molar refractivity (Wildman–Crippen MR) is 123 cm³/mol. The van der Waals surface area contributed by atoms with Crippen LogP contribution in [0.3, 0.4) is 0 Å². The average Bonchev–Trinajstić information content (AvgIpc) is 3.55. The molecular formula is C26H28N2O6. The van der Waals surface area contributed by atoms with E-state index in [9.17, 15) is 19.5 Å². The molecule has 2 atom stereocenters. The van der Waals surface area contributed by atoms with E-state index in [2.05, 4.69) is 17.4 Å². The number of benzene rings is 2. The van der Waals surface area contributed by atoms with E-state index in [0.717, 1.165) is 22.3 Å². The molecule has 2 aromatic carbocycles. The van der Waals surface area contributed by atoms with Gasteiger partial charge in [0.25, 0.3) is 5.91 Å². The predicted octanol–water partition coefficient (Wildman–Crippen LogP) is 3.01. The molecule has 2 unspecified atom stereocenters. The molecule has 1 aliphatic carbocycles. The molecule has 8 heteroatoms. The molecule has 2 fully saturated rings. The van der Waals surface area contributed by atoms with E-state index in [1.807, 2.05) is 36.4 Å². The van der Waals surface area contributed by atoms with Gasteiger partial charge < -0.3 is 24.8 Å². The SMILES string of the molecule is CC1(C(=O)O)CCN(C(=O)C2(NC(=O)OCC3c4ccccc4-c4ccccc43)CCOC2)C1. The van der Waals surface area contributed by atoms with Crippen LogP contribution in [0.15, 0.2) is 48.5 Å². The first-order valence-electron chi connectivity index (χ1n) is 11.6. The minimum atomic E-state index is -1.24. The average molecular weight is 465 g/mol. The quantitative estimate of drug-likeness (QED) is 0.705. The highest BCUT2D eigenvalue weighted by molar-refractivity contribution is 5.91. The van der Waals surface area contributed by atoms with E-state index in [0.29, 0.717) is 26.0 Å². The molecule has 2 saturated heterocycles. The number of carboxylic acid groups (broad SMARTS) is 1. The van der Waals surface area contributed by atoms with Gasteiger partial charge in [-0.1, -0.05) is 48.5 Å². The van der Waals surface area contributed by atoms with Crippen molar-refractivity contribution in [3.8, 4) is 11.1 Å². The fourth-order valence-corrected chi connectivity index (χ4v) is 5.33. The zero-order valence-electron chi connectivity index (χ0n) is 19.1. The third-order valence-electron chi connectivity index (χ3n) is 7.39. The molecule has 0 aromatic heterocycles. The summed E-state index contributed by atoms with van der Waals surface area (Å²) in [6.45, 7) is 2.59. The number of rotatable bonds is 5. The normalized spacial score (nSPS) is 25.6. The van der Waals surface area contributed by atoms with Gasteiger partial charge in [0, 0.05) is 32.0 Å². The molecule has 0 spiro atoms. The number of likely N-dealkylation sites (tertiary alicyclic amines) is 1. The molecule has 3 aliphatic rings. The Hall–Kier alpha value is -3.39. The second-order valence-electron chi connectivity index (χ2n) is 9.68. The molecule has 2 N–H and O–H groups in total. The summed E-state index contributed by atoms with van der Waals surface area (Å²) in [5.74, 6) is -1.33. The highest BCUT2D eigenvalue weighted by atomic mass is 16.6. The van der Waals surface area contributed by atoms with Crippen LogP contribution in [0.1, 0.15) is 36.8 Å². The summed E-state index contributed by atoms with van der Waals surface area (Å²) in [5, 5.41) is 12.3. The molecule has 5 rings (SSSR count). The van der Waals surface area contributed by atoms with Crippen LogP contribution in [-0.4, -0.2) is 66.4 Å². The maximum absolute atomic E-state index is 13.4. The van der Waals surface area contributed by atoms with Gasteiger partial charge in [-0.2, -0.15) is 0 Å². The van der Waals surface area contributed by atoms with Gasteiger partial charge in [-0.05, 0) is 35.6 Å². The number of carbonyl (C=O) groups is 3. The number of aliphatic carboxylic acids is 1. The third kappa shape index (κ3) is 3.72. The number of alkyl carbamates (subject to hydrolysis) is 1. The second-order valence-corrected chi connectivity index (χ2v) is 9.68. The topological polar surface area (TPSA) is 105 Å². The first kappa shape index (κ1) is 22.4. The Balaban J connectivity index is 1.28. The number of amides is 2. The first-order chi connectivity index (χ1) is 16.3. The maximum Gasteiger partial charge on any atom is 0.408 e. The Labute approximate surface area is 197 Å². The Morgan fingerprint density at radius 1 is 1.09 bits per heavy atom. The molecular weight excluding hydrogens is 436 g/mol. The fourth-order valence-electron chi connectivity index (χ4n) is 5.33. The van der Waals surface area contributed by atoms with Crippen molar-refractivity contribution < 1.29 is 29.0 Å². The van der Waals surface area contributed by atoms with Crippen molar-refractivity contribution in [2.75, 3.05) is 32.9 Å². The number of carbonyl (C=O) groups excluding carboxylic acids is 2. The van der Waals surface area contributed by atoms with Crippen LogP contribution < -0.4 is 5.32 Å². The second kappa shape index (κ2) is 8.43.